The van der Waals surface area contributed by atoms with Crippen LogP contribution in [0.5, 0.6) is 0 Å². The first-order valence-electron chi connectivity index (χ1n) is 7.03. The number of hydrogen-bond acceptors (Lipinski definition) is 6. The fourth-order valence-corrected chi connectivity index (χ4v) is 4.36. The number of hydrogen-bond donors (Lipinski definition) is 0. The second-order valence-electron chi connectivity index (χ2n) is 5.22. The predicted octanol–water partition coefficient (Wildman–Crippen LogP) is 2.37. The molecule has 0 aliphatic rings. The van der Waals surface area contributed by atoms with Gasteiger partial charge in [0.2, 0.25) is 15.0 Å². The molecular weight excluding hydrogens is 332 g/mol. The van der Waals surface area contributed by atoms with Gasteiger partial charge in [-0.2, -0.15) is 0 Å². The van der Waals surface area contributed by atoms with Crippen molar-refractivity contribution in [2.75, 3.05) is 0 Å². The van der Waals surface area contributed by atoms with E-state index in [-0.39, 0.29) is 10.9 Å². The summed E-state index contributed by atoms with van der Waals surface area (Å²) in [7, 11) is -3.60. The van der Waals surface area contributed by atoms with Gasteiger partial charge in [0.15, 0.2) is 0 Å². The van der Waals surface area contributed by atoms with E-state index < -0.39 is 9.84 Å². The molecular formula is C15H16N4O2S2. The Morgan fingerprint density at radius 2 is 1.87 bits per heavy atom. The molecule has 0 radical (unpaired) electrons. The molecule has 1 aromatic carbocycles. The van der Waals surface area contributed by atoms with Crippen LogP contribution in [0.1, 0.15) is 22.1 Å². The summed E-state index contributed by atoms with van der Waals surface area (Å²) in [6.45, 7) is 4.02. The maximum atomic E-state index is 12.7. The van der Waals surface area contributed by atoms with Gasteiger partial charge >= 0.3 is 0 Å². The van der Waals surface area contributed by atoms with Crippen LogP contribution in [0.4, 0.5) is 0 Å². The lowest BCUT2D eigenvalue weighted by Gasteiger charge is -2.08. The summed E-state index contributed by atoms with van der Waals surface area (Å²) in [6, 6.07) is 9.65. The van der Waals surface area contributed by atoms with Gasteiger partial charge in [-0.05, 0) is 19.4 Å². The smallest absolute Gasteiger partial charge is 0.250 e. The van der Waals surface area contributed by atoms with Gasteiger partial charge in [-0.25, -0.2) is 13.4 Å². The zero-order chi connectivity index (χ0) is 16.4. The third-order valence-electron chi connectivity index (χ3n) is 3.37. The molecule has 0 saturated carbocycles. The van der Waals surface area contributed by atoms with E-state index in [2.05, 4.69) is 15.2 Å². The van der Waals surface area contributed by atoms with Crippen LogP contribution in [-0.2, 0) is 22.1 Å². The fourth-order valence-electron chi connectivity index (χ4n) is 2.27. The quantitative estimate of drug-likeness (QED) is 0.707. The second kappa shape index (κ2) is 6.21. The van der Waals surface area contributed by atoms with Gasteiger partial charge in [-0.1, -0.05) is 30.3 Å². The Labute approximate surface area is 138 Å². The molecule has 0 atom stereocenters. The Kier molecular flexibility index (Phi) is 4.27. The van der Waals surface area contributed by atoms with Gasteiger partial charge < -0.3 is 0 Å². The highest BCUT2D eigenvalue weighted by molar-refractivity contribution is 7.90. The number of aromatic nitrogens is 4. The van der Waals surface area contributed by atoms with Crippen molar-refractivity contribution in [2.45, 2.75) is 31.3 Å². The Balaban J connectivity index is 1.93. The van der Waals surface area contributed by atoms with Crippen LogP contribution in [-0.4, -0.2) is 28.2 Å². The number of rotatable bonds is 5. The number of aryl methyl sites for hydroxylation is 2. The van der Waals surface area contributed by atoms with Crippen LogP contribution in [0.15, 0.2) is 40.9 Å². The van der Waals surface area contributed by atoms with E-state index in [1.807, 2.05) is 37.3 Å². The van der Waals surface area contributed by atoms with E-state index in [9.17, 15) is 8.42 Å². The van der Waals surface area contributed by atoms with Gasteiger partial charge in [0.25, 0.3) is 0 Å². The molecule has 0 N–H and O–H groups in total. The van der Waals surface area contributed by atoms with E-state index in [1.165, 1.54) is 11.3 Å². The first kappa shape index (κ1) is 15.8. The molecule has 6 nitrogen and oxygen atoms in total. The average molecular weight is 348 g/mol. The lowest BCUT2D eigenvalue weighted by molar-refractivity contribution is 0.568. The first-order chi connectivity index (χ1) is 11.0. The molecule has 0 aliphatic heterocycles. The maximum absolute atomic E-state index is 12.7. The van der Waals surface area contributed by atoms with Crippen molar-refractivity contribution >= 4 is 21.2 Å². The van der Waals surface area contributed by atoms with E-state index in [4.69, 9.17) is 0 Å². The molecule has 3 rings (SSSR count). The van der Waals surface area contributed by atoms with Crippen molar-refractivity contribution in [3.63, 3.8) is 0 Å². The van der Waals surface area contributed by atoms with E-state index in [1.54, 1.807) is 16.9 Å². The molecule has 0 saturated heterocycles. The van der Waals surface area contributed by atoms with Crippen LogP contribution in [0.25, 0.3) is 0 Å². The molecule has 0 amide bonds. The third-order valence-corrected chi connectivity index (χ3v) is 5.72. The number of sulfone groups is 1. The minimum Gasteiger partial charge on any atom is -0.298 e. The monoisotopic (exact) mass is 348 g/mol. The minimum absolute atomic E-state index is 0.00972. The third kappa shape index (κ3) is 3.48. The topological polar surface area (TPSA) is 77.7 Å². The number of thiazole rings is 1. The predicted molar refractivity (Wildman–Crippen MR) is 88.0 cm³/mol. The molecule has 2 heterocycles. The molecule has 23 heavy (non-hydrogen) atoms. The number of benzene rings is 1. The summed E-state index contributed by atoms with van der Waals surface area (Å²) in [5.41, 5.74) is 1.54. The molecule has 0 bridgehead atoms. The summed E-state index contributed by atoms with van der Waals surface area (Å²) >= 11 is 1.43. The highest BCUT2D eigenvalue weighted by Crippen LogP contribution is 2.18. The van der Waals surface area contributed by atoms with Crippen LogP contribution in [0.3, 0.4) is 0 Å². The molecule has 3 aromatic rings. The van der Waals surface area contributed by atoms with Crippen LogP contribution >= 0.6 is 11.3 Å². The van der Waals surface area contributed by atoms with Gasteiger partial charge in [0.05, 0.1) is 17.2 Å². The Bertz CT molecular complexity index is 914. The summed E-state index contributed by atoms with van der Waals surface area (Å²) in [6.07, 6.45) is 0. The average Bonchev–Trinajstić information content (AvgIpc) is 3.07. The number of nitrogens with zero attached hydrogens (tertiary/aromatic N) is 4. The van der Waals surface area contributed by atoms with Crippen molar-refractivity contribution in [1.82, 2.24) is 19.7 Å². The van der Waals surface area contributed by atoms with Crippen molar-refractivity contribution in [3.8, 4) is 0 Å². The SMILES string of the molecule is Cc1nc(CS(=O)(=O)c2nnc(C)n2Cc2ccccc2)cs1. The lowest BCUT2D eigenvalue weighted by atomic mass is 10.2. The standard InChI is InChI=1S/C15H16N4O2S2/c1-11-17-18-15(19(11)8-13-6-4-3-5-7-13)23(20,21)10-14-9-22-12(2)16-14/h3-7,9H,8,10H2,1-2H3. The van der Waals surface area contributed by atoms with Gasteiger partial charge in [-0.15, -0.1) is 21.5 Å². The molecule has 8 heteroatoms. The second-order valence-corrected chi connectivity index (χ2v) is 8.16. The van der Waals surface area contributed by atoms with E-state index >= 15 is 0 Å². The largest absolute Gasteiger partial charge is 0.298 e. The summed E-state index contributed by atoms with van der Waals surface area (Å²) in [5, 5.41) is 10.4. The zero-order valence-electron chi connectivity index (χ0n) is 12.8. The van der Waals surface area contributed by atoms with Crippen LogP contribution in [0.2, 0.25) is 0 Å². The van der Waals surface area contributed by atoms with Crippen molar-refractivity contribution in [3.05, 3.63) is 57.8 Å². The normalized spacial score (nSPS) is 11.7. The highest BCUT2D eigenvalue weighted by atomic mass is 32.2. The molecule has 2 aromatic heterocycles. The Morgan fingerprint density at radius 1 is 1.13 bits per heavy atom. The van der Waals surface area contributed by atoms with Crippen molar-refractivity contribution in [2.24, 2.45) is 0 Å². The van der Waals surface area contributed by atoms with Crippen molar-refractivity contribution < 1.29 is 8.42 Å². The molecule has 120 valence electrons. The van der Waals surface area contributed by atoms with Crippen LogP contribution < -0.4 is 0 Å². The molecule has 0 spiro atoms. The minimum atomic E-state index is -3.60. The lowest BCUT2D eigenvalue weighted by Crippen LogP contribution is -2.15. The Hall–Kier alpha value is -2.06. The maximum Gasteiger partial charge on any atom is 0.250 e. The van der Waals surface area contributed by atoms with Gasteiger partial charge in [-0.3, -0.25) is 4.57 Å². The Morgan fingerprint density at radius 3 is 2.52 bits per heavy atom. The van der Waals surface area contributed by atoms with Gasteiger partial charge in [0.1, 0.15) is 11.6 Å². The van der Waals surface area contributed by atoms with Gasteiger partial charge in [0, 0.05) is 5.38 Å². The summed E-state index contributed by atoms with van der Waals surface area (Å²) < 4.78 is 27.0. The molecule has 0 unspecified atom stereocenters. The molecule has 0 aliphatic carbocycles. The van der Waals surface area contributed by atoms with E-state index in [0.29, 0.717) is 18.1 Å². The highest BCUT2D eigenvalue weighted by Gasteiger charge is 2.25. The van der Waals surface area contributed by atoms with Crippen molar-refractivity contribution in [1.29, 1.82) is 0 Å². The van der Waals surface area contributed by atoms with E-state index in [0.717, 1.165) is 10.6 Å². The fraction of sp³-hybridized carbons (Fsp3) is 0.267. The molecule has 0 fully saturated rings. The summed E-state index contributed by atoms with van der Waals surface area (Å²) in [4.78, 5) is 4.22. The first-order valence-corrected chi connectivity index (χ1v) is 9.56. The zero-order valence-corrected chi connectivity index (χ0v) is 14.4. The summed E-state index contributed by atoms with van der Waals surface area (Å²) in [5.74, 6) is 0.409. The van der Waals surface area contributed by atoms with Crippen LogP contribution in [0, 0.1) is 13.8 Å².